The topological polar surface area (TPSA) is 4.93 Å². The Morgan fingerprint density at radius 2 is 1.37 bits per heavy atom. The predicted octanol–water partition coefficient (Wildman–Crippen LogP) is 9.78. The summed E-state index contributed by atoms with van der Waals surface area (Å²) in [5.41, 5.74) is 7.77. The lowest BCUT2D eigenvalue weighted by atomic mass is 9.80. The molecule has 0 unspecified atom stereocenters. The van der Waals surface area contributed by atoms with E-state index in [-0.39, 0.29) is 10.8 Å². The molecule has 156 valence electrons. The molecule has 0 aliphatic carbocycles. The molecule has 0 bridgehead atoms. The highest BCUT2D eigenvalue weighted by atomic mass is 127. The molecular weight excluding hydrogens is 613 g/mol. The van der Waals surface area contributed by atoms with Crippen LogP contribution in [-0.2, 0) is 10.8 Å². The molecule has 3 aromatic carbocycles. The molecule has 4 rings (SSSR count). The van der Waals surface area contributed by atoms with Gasteiger partial charge in [0, 0.05) is 20.8 Å². The standard InChI is InChI=1S/C26H26Br2IN/c1-25(2,3)16-12-17-18-14-19(26(4,5)6)21(15-10-8-7-9-11-15)22(28)24(18)30(29)23(17)20(27)13-16/h7-14H,1-6H3. The Hall–Kier alpha value is -0.850. The Bertz CT molecular complexity index is 1270. The average Bonchev–Trinajstić information content (AvgIpc) is 2.94. The van der Waals surface area contributed by atoms with Crippen LogP contribution in [0, 0.1) is 0 Å². The fraction of sp³-hybridized carbons (Fsp3) is 0.308. The summed E-state index contributed by atoms with van der Waals surface area (Å²) in [6, 6.07) is 17.8. The van der Waals surface area contributed by atoms with E-state index < -0.39 is 0 Å². The summed E-state index contributed by atoms with van der Waals surface area (Å²) in [6.45, 7) is 13.7. The van der Waals surface area contributed by atoms with Crippen LogP contribution in [0.4, 0.5) is 0 Å². The fourth-order valence-electron chi connectivity index (χ4n) is 4.06. The first-order valence-electron chi connectivity index (χ1n) is 10.1. The SMILES string of the molecule is CC(C)(C)c1cc(Br)c2c(c1)c1cc(C(C)(C)C)c(-c3ccccc3)c(Br)c1n2I. The molecule has 0 aliphatic rings. The minimum atomic E-state index is 0.0143. The van der Waals surface area contributed by atoms with Crippen molar-refractivity contribution in [2.45, 2.75) is 52.4 Å². The second-order valence-electron chi connectivity index (χ2n) is 10.0. The van der Waals surface area contributed by atoms with Crippen molar-refractivity contribution < 1.29 is 0 Å². The highest BCUT2D eigenvalue weighted by Crippen LogP contribution is 2.47. The van der Waals surface area contributed by atoms with E-state index in [0.29, 0.717) is 0 Å². The Morgan fingerprint density at radius 3 is 1.93 bits per heavy atom. The maximum atomic E-state index is 4.03. The Morgan fingerprint density at radius 1 is 0.767 bits per heavy atom. The molecule has 1 aromatic heterocycles. The lowest BCUT2D eigenvalue weighted by Gasteiger charge is -2.25. The lowest BCUT2D eigenvalue weighted by Crippen LogP contribution is -2.13. The average molecular weight is 639 g/mol. The van der Waals surface area contributed by atoms with Crippen molar-refractivity contribution in [2.24, 2.45) is 0 Å². The first-order chi connectivity index (χ1) is 13.9. The van der Waals surface area contributed by atoms with Gasteiger partial charge in [-0.2, -0.15) is 0 Å². The van der Waals surface area contributed by atoms with Crippen LogP contribution in [0.3, 0.4) is 0 Å². The number of rotatable bonds is 1. The molecule has 0 aliphatic heterocycles. The molecule has 0 radical (unpaired) electrons. The summed E-state index contributed by atoms with van der Waals surface area (Å²) < 4.78 is 4.59. The zero-order valence-electron chi connectivity index (χ0n) is 18.2. The van der Waals surface area contributed by atoms with E-state index in [2.05, 4.69) is 148 Å². The van der Waals surface area contributed by atoms with Crippen LogP contribution in [-0.4, -0.2) is 2.78 Å². The Balaban J connectivity index is 2.22. The molecule has 0 saturated carbocycles. The quantitative estimate of drug-likeness (QED) is 0.183. The lowest BCUT2D eigenvalue weighted by molar-refractivity contribution is 0.590. The number of hydrogen-bond acceptors (Lipinski definition) is 0. The van der Waals surface area contributed by atoms with Crippen molar-refractivity contribution in [1.29, 1.82) is 0 Å². The second kappa shape index (κ2) is 7.63. The van der Waals surface area contributed by atoms with Crippen molar-refractivity contribution in [3.05, 3.63) is 68.6 Å². The molecule has 0 amide bonds. The highest BCUT2D eigenvalue weighted by Gasteiger charge is 2.27. The molecule has 0 fully saturated rings. The van der Waals surface area contributed by atoms with Gasteiger partial charge in [0.25, 0.3) is 0 Å². The van der Waals surface area contributed by atoms with Gasteiger partial charge in [0.05, 0.1) is 38.4 Å². The van der Waals surface area contributed by atoms with E-state index in [4.69, 9.17) is 0 Å². The zero-order chi connectivity index (χ0) is 22.0. The van der Waals surface area contributed by atoms with E-state index in [1.54, 1.807) is 0 Å². The first kappa shape index (κ1) is 22.3. The Labute approximate surface area is 210 Å². The molecule has 4 heteroatoms. The van der Waals surface area contributed by atoms with Crippen molar-refractivity contribution >= 4 is 76.5 Å². The number of nitrogens with zero attached hydrogens (tertiary/aromatic N) is 1. The third kappa shape index (κ3) is 3.67. The van der Waals surface area contributed by atoms with Crippen molar-refractivity contribution in [3.63, 3.8) is 0 Å². The van der Waals surface area contributed by atoms with Crippen LogP contribution in [0.2, 0.25) is 0 Å². The molecule has 1 nitrogen and oxygen atoms in total. The van der Waals surface area contributed by atoms with Gasteiger partial charge in [-0.25, -0.2) is 0 Å². The summed E-state index contributed by atoms with van der Waals surface area (Å²) in [7, 11) is 0. The Kier molecular flexibility index (Phi) is 5.68. The van der Waals surface area contributed by atoms with Crippen LogP contribution in [0.25, 0.3) is 32.9 Å². The largest absolute Gasteiger partial charge is 0.279 e. The summed E-state index contributed by atoms with van der Waals surface area (Å²) in [6.07, 6.45) is 0. The van der Waals surface area contributed by atoms with E-state index in [9.17, 15) is 0 Å². The van der Waals surface area contributed by atoms with E-state index >= 15 is 0 Å². The van der Waals surface area contributed by atoms with Crippen molar-refractivity contribution in [1.82, 2.24) is 2.78 Å². The molecule has 0 atom stereocenters. The van der Waals surface area contributed by atoms with Gasteiger partial charge in [-0.15, -0.1) is 0 Å². The zero-order valence-corrected chi connectivity index (χ0v) is 23.5. The molecular formula is C26H26Br2IN. The number of halogens is 3. The van der Waals surface area contributed by atoms with Gasteiger partial charge >= 0.3 is 0 Å². The van der Waals surface area contributed by atoms with Gasteiger partial charge in [0.2, 0.25) is 0 Å². The molecule has 30 heavy (non-hydrogen) atoms. The van der Waals surface area contributed by atoms with E-state index in [1.807, 2.05) is 0 Å². The molecule has 0 spiro atoms. The maximum absolute atomic E-state index is 4.03. The third-order valence-electron chi connectivity index (χ3n) is 5.72. The van der Waals surface area contributed by atoms with Gasteiger partial charge in [-0.3, -0.25) is 2.78 Å². The van der Waals surface area contributed by atoms with Gasteiger partial charge in [-0.1, -0.05) is 71.9 Å². The van der Waals surface area contributed by atoms with Crippen LogP contribution < -0.4 is 0 Å². The molecule has 0 saturated heterocycles. The number of hydrogen-bond donors (Lipinski definition) is 0. The number of benzene rings is 3. The summed E-state index contributed by atoms with van der Waals surface area (Å²) >= 11 is 10.3. The van der Waals surface area contributed by atoms with Gasteiger partial charge in [0.15, 0.2) is 0 Å². The molecule has 1 heterocycles. The predicted molar refractivity (Wildman–Crippen MR) is 147 cm³/mol. The smallest absolute Gasteiger partial charge is 0.0739 e. The minimum Gasteiger partial charge on any atom is -0.279 e. The van der Waals surface area contributed by atoms with Gasteiger partial charge in [-0.05, 0) is 77.6 Å². The monoisotopic (exact) mass is 637 g/mol. The van der Waals surface area contributed by atoms with Crippen LogP contribution in [0.1, 0.15) is 52.7 Å². The first-order valence-corrected chi connectivity index (χ1v) is 12.7. The third-order valence-corrected chi connectivity index (χ3v) is 8.06. The van der Waals surface area contributed by atoms with E-state index in [1.165, 1.54) is 44.1 Å². The summed E-state index contributed by atoms with van der Waals surface area (Å²) in [4.78, 5) is 0. The van der Waals surface area contributed by atoms with Crippen LogP contribution in [0.5, 0.6) is 0 Å². The number of fused-ring (bicyclic) bond motifs is 3. The van der Waals surface area contributed by atoms with E-state index in [0.717, 1.165) is 8.95 Å². The molecule has 4 aromatic rings. The minimum absolute atomic E-state index is 0.0143. The maximum Gasteiger partial charge on any atom is 0.0739 e. The summed E-state index contributed by atoms with van der Waals surface area (Å²) in [5.74, 6) is 0. The fourth-order valence-corrected chi connectivity index (χ4v) is 7.22. The van der Waals surface area contributed by atoms with Crippen molar-refractivity contribution in [2.75, 3.05) is 0 Å². The highest BCUT2D eigenvalue weighted by molar-refractivity contribution is 14.1. The van der Waals surface area contributed by atoms with Gasteiger partial charge in [0.1, 0.15) is 0 Å². The van der Waals surface area contributed by atoms with Crippen LogP contribution in [0.15, 0.2) is 57.5 Å². The van der Waals surface area contributed by atoms with Gasteiger partial charge < -0.3 is 0 Å². The second-order valence-corrected chi connectivity index (χ2v) is 12.6. The van der Waals surface area contributed by atoms with Crippen LogP contribution >= 0.6 is 54.7 Å². The van der Waals surface area contributed by atoms with Crippen molar-refractivity contribution in [3.8, 4) is 11.1 Å². The molecule has 0 N–H and O–H groups in total. The summed E-state index contributed by atoms with van der Waals surface area (Å²) in [5, 5.41) is 2.59. The number of aromatic nitrogens is 1. The normalized spacial score (nSPS) is 12.8.